The first-order chi connectivity index (χ1) is 6.68. The summed E-state index contributed by atoms with van der Waals surface area (Å²) < 4.78 is 5.34. The summed E-state index contributed by atoms with van der Waals surface area (Å²) in [6, 6.07) is 4.78. The summed E-state index contributed by atoms with van der Waals surface area (Å²) >= 11 is 0. The summed E-state index contributed by atoms with van der Waals surface area (Å²) in [6.45, 7) is 0.699. The van der Waals surface area contributed by atoms with Crippen LogP contribution < -0.4 is 16.2 Å². The summed E-state index contributed by atoms with van der Waals surface area (Å²) in [7, 11) is 0. The molecule has 4 N–H and O–H groups in total. The number of amides is 1. The molecule has 4 nitrogen and oxygen atoms in total. The van der Waals surface area contributed by atoms with E-state index >= 15 is 0 Å². The summed E-state index contributed by atoms with van der Waals surface area (Å²) in [5.74, 6) is 0.370. The second-order valence-electron chi connectivity index (χ2n) is 3.35. The van der Waals surface area contributed by atoms with Gasteiger partial charge in [0.25, 0.3) is 0 Å². The van der Waals surface area contributed by atoms with Crippen LogP contribution in [-0.2, 0) is 11.2 Å². The number of nitrogens with two attached hydrogens (primary N) is 2. The zero-order chi connectivity index (χ0) is 10.1. The van der Waals surface area contributed by atoms with Gasteiger partial charge in [0.2, 0.25) is 5.91 Å². The number of carbonyl (C=O) groups is 1. The van der Waals surface area contributed by atoms with Crippen molar-refractivity contribution in [2.24, 2.45) is 11.5 Å². The lowest BCUT2D eigenvalue weighted by Crippen LogP contribution is -2.28. The first-order valence-electron chi connectivity index (χ1n) is 4.49. The van der Waals surface area contributed by atoms with E-state index in [1.807, 2.05) is 12.1 Å². The van der Waals surface area contributed by atoms with Gasteiger partial charge in [0.1, 0.15) is 11.8 Å². The zero-order valence-electron chi connectivity index (χ0n) is 7.69. The summed E-state index contributed by atoms with van der Waals surface area (Å²) in [4.78, 5) is 10.9. The molecule has 0 saturated carbocycles. The Morgan fingerprint density at radius 1 is 1.50 bits per heavy atom. The average Bonchev–Trinajstić information content (AvgIpc) is 2.62. The largest absolute Gasteiger partial charge is 0.493 e. The fourth-order valence-corrected chi connectivity index (χ4v) is 1.56. The van der Waals surface area contributed by atoms with Crippen LogP contribution >= 0.6 is 0 Å². The topological polar surface area (TPSA) is 78.3 Å². The Balaban J connectivity index is 2.33. The van der Waals surface area contributed by atoms with Crippen LogP contribution in [0.4, 0.5) is 0 Å². The van der Waals surface area contributed by atoms with Crippen LogP contribution in [0.5, 0.6) is 5.75 Å². The molecule has 0 spiro atoms. The first-order valence-corrected chi connectivity index (χ1v) is 4.49. The van der Waals surface area contributed by atoms with E-state index in [4.69, 9.17) is 16.2 Å². The first kappa shape index (κ1) is 9.02. The number of ether oxygens (including phenoxy) is 1. The number of carbonyl (C=O) groups excluding carboxylic acids is 1. The molecule has 0 fully saturated rings. The molecule has 1 aliphatic rings. The van der Waals surface area contributed by atoms with Crippen LogP contribution in [0.25, 0.3) is 0 Å². The Hall–Kier alpha value is -1.55. The molecule has 0 radical (unpaired) electrons. The Bertz CT molecular complexity index is 376. The van der Waals surface area contributed by atoms with Crippen molar-refractivity contribution in [1.29, 1.82) is 0 Å². The van der Waals surface area contributed by atoms with Gasteiger partial charge in [0.05, 0.1) is 6.61 Å². The maximum Gasteiger partial charge on any atom is 0.238 e. The monoisotopic (exact) mass is 192 g/mol. The van der Waals surface area contributed by atoms with E-state index in [2.05, 4.69) is 0 Å². The number of fused-ring (bicyclic) bond motifs is 1. The van der Waals surface area contributed by atoms with Gasteiger partial charge in [-0.2, -0.15) is 0 Å². The van der Waals surface area contributed by atoms with Gasteiger partial charge in [-0.1, -0.05) is 6.07 Å². The van der Waals surface area contributed by atoms with Gasteiger partial charge >= 0.3 is 0 Å². The molecule has 14 heavy (non-hydrogen) atoms. The van der Waals surface area contributed by atoms with Crippen molar-refractivity contribution < 1.29 is 9.53 Å². The van der Waals surface area contributed by atoms with Crippen LogP contribution in [0.3, 0.4) is 0 Å². The number of hydrogen-bond donors (Lipinski definition) is 2. The van der Waals surface area contributed by atoms with Gasteiger partial charge in [-0.15, -0.1) is 0 Å². The Morgan fingerprint density at radius 2 is 2.29 bits per heavy atom. The lowest BCUT2D eigenvalue weighted by atomic mass is 10.0. The molecular weight excluding hydrogens is 180 g/mol. The molecule has 2 rings (SSSR count). The molecule has 0 bridgehead atoms. The van der Waals surface area contributed by atoms with Gasteiger partial charge < -0.3 is 16.2 Å². The predicted molar refractivity (Wildman–Crippen MR) is 51.8 cm³/mol. The predicted octanol–water partition coefficient (Wildman–Crippen LogP) is 0.107. The standard InChI is InChI=1S/C10H12N2O2/c11-9(10(12)13)7-1-2-8-6(5-7)3-4-14-8/h1-2,5,9H,3-4,11H2,(H2,12,13)/t9-/m0/s1. The number of rotatable bonds is 2. The molecule has 1 aromatic carbocycles. The summed E-state index contributed by atoms with van der Waals surface area (Å²) in [5.41, 5.74) is 12.6. The van der Waals surface area contributed by atoms with Gasteiger partial charge in [-0.3, -0.25) is 4.79 Å². The van der Waals surface area contributed by atoms with Gasteiger partial charge in [-0.25, -0.2) is 0 Å². The van der Waals surface area contributed by atoms with Gasteiger partial charge in [0.15, 0.2) is 0 Å². The molecule has 74 valence electrons. The third-order valence-corrected chi connectivity index (χ3v) is 2.38. The minimum absolute atomic E-state index is 0.510. The molecule has 0 aliphatic carbocycles. The quantitative estimate of drug-likeness (QED) is 0.697. The smallest absolute Gasteiger partial charge is 0.238 e. The van der Waals surface area contributed by atoms with Crippen LogP contribution in [0, 0.1) is 0 Å². The van der Waals surface area contributed by atoms with E-state index < -0.39 is 11.9 Å². The molecule has 1 aliphatic heterocycles. The molecule has 4 heteroatoms. The van der Waals surface area contributed by atoms with Crippen molar-refractivity contribution in [1.82, 2.24) is 0 Å². The highest BCUT2D eigenvalue weighted by Gasteiger charge is 2.17. The third-order valence-electron chi connectivity index (χ3n) is 2.38. The Labute approximate surface area is 81.8 Å². The lowest BCUT2D eigenvalue weighted by Gasteiger charge is -2.08. The molecule has 0 saturated heterocycles. The minimum Gasteiger partial charge on any atom is -0.493 e. The molecule has 0 aromatic heterocycles. The van der Waals surface area contributed by atoms with Crippen LogP contribution in [0.15, 0.2) is 18.2 Å². The van der Waals surface area contributed by atoms with E-state index in [0.29, 0.717) is 6.61 Å². The lowest BCUT2D eigenvalue weighted by molar-refractivity contribution is -0.119. The Kier molecular flexibility index (Phi) is 2.13. The molecule has 1 heterocycles. The van der Waals surface area contributed by atoms with Crippen molar-refractivity contribution >= 4 is 5.91 Å². The van der Waals surface area contributed by atoms with Crippen LogP contribution in [-0.4, -0.2) is 12.5 Å². The van der Waals surface area contributed by atoms with Gasteiger partial charge in [0, 0.05) is 6.42 Å². The molecular formula is C10H12N2O2. The summed E-state index contributed by atoms with van der Waals surface area (Å²) in [5, 5.41) is 0. The highest BCUT2D eigenvalue weighted by Crippen LogP contribution is 2.27. The van der Waals surface area contributed by atoms with Crippen LogP contribution in [0.2, 0.25) is 0 Å². The van der Waals surface area contributed by atoms with E-state index in [0.717, 1.165) is 23.3 Å². The molecule has 1 amide bonds. The number of benzene rings is 1. The summed E-state index contributed by atoms with van der Waals surface area (Å²) in [6.07, 6.45) is 0.870. The third kappa shape index (κ3) is 1.44. The van der Waals surface area contributed by atoms with Crippen LogP contribution in [0.1, 0.15) is 17.2 Å². The fraction of sp³-hybridized carbons (Fsp3) is 0.300. The SMILES string of the molecule is NC(=O)[C@@H](N)c1ccc2c(c1)CCO2. The van der Waals surface area contributed by atoms with Crippen molar-refractivity contribution in [3.63, 3.8) is 0 Å². The van der Waals surface area contributed by atoms with Crippen molar-refractivity contribution in [3.05, 3.63) is 29.3 Å². The van der Waals surface area contributed by atoms with E-state index in [1.165, 1.54) is 0 Å². The maximum absolute atomic E-state index is 10.9. The number of primary amides is 1. The van der Waals surface area contributed by atoms with Crippen molar-refractivity contribution in [3.8, 4) is 5.75 Å². The van der Waals surface area contributed by atoms with E-state index in [1.54, 1.807) is 6.07 Å². The normalized spacial score (nSPS) is 15.8. The number of hydrogen-bond acceptors (Lipinski definition) is 3. The minimum atomic E-state index is -0.721. The average molecular weight is 192 g/mol. The molecule has 1 aromatic rings. The van der Waals surface area contributed by atoms with Gasteiger partial charge in [-0.05, 0) is 23.3 Å². The fourth-order valence-electron chi connectivity index (χ4n) is 1.56. The van der Waals surface area contributed by atoms with E-state index in [-0.39, 0.29) is 0 Å². The molecule has 1 atom stereocenters. The van der Waals surface area contributed by atoms with Crippen molar-refractivity contribution in [2.45, 2.75) is 12.5 Å². The second kappa shape index (κ2) is 3.31. The highest BCUT2D eigenvalue weighted by atomic mass is 16.5. The van der Waals surface area contributed by atoms with Crippen molar-refractivity contribution in [2.75, 3.05) is 6.61 Å². The zero-order valence-corrected chi connectivity index (χ0v) is 7.69. The Morgan fingerprint density at radius 3 is 3.00 bits per heavy atom. The molecule has 0 unspecified atom stereocenters. The maximum atomic E-state index is 10.9. The second-order valence-corrected chi connectivity index (χ2v) is 3.35. The van der Waals surface area contributed by atoms with E-state index in [9.17, 15) is 4.79 Å². The highest BCUT2D eigenvalue weighted by molar-refractivity contribution is 5.81.